The van der Waals surface area contributed by atoms with Crippen molar-refractivity contribution in [2.24, 2.45) is 0 Å². The molecule has 0 unspecified atom stereocenters. The van der Waals surface area contributed by atoms with Gasteiger partial charge in [-0.3, -0.25) is 14.5 Å². The maximum Gasteiger partial charge on any atom is 0.331 e. The Morgan fingerprint density at radius 3 is 2.60 bits per heavy atom. The van der Waals surface area contributed by atoms with Gasteiger partial charge in [0.15, 0.2) is 5.82 Å². The van der Waals surface area contributed by atoms with Crippen LogP contribution in [0.25, 0.3) is 0 Å². The fourth-order valence-electron chi connectivity index (χ4n) is 1.84. The Morgan fingerprint density at radius 2 is 2.00 bits per heavy atom. The third-order valence-electron chi connectivity index (χ3n) is 2.90. The first-order valence-electron chi connectivity index (χ1n) is 5.58. The van der Waals surface area contributed by atoms with Gasteiger partial charge in [0.1, 0.15) is 5.82 Å². The molecule has 0 radical (unpaired) electrons. The zero-order valence-corrected chi connectivity index (χ0v) is 10.3. The number of hydrogen-bond acceptors (Lipinski definition) is 3. The summed E-state index contributed by atoms with van der Waals surface area (Å²) in [4.78, 5) is 34.8. The SMILES string of the molecule is CC(=CCN1C(=O)C(=O)c2cc(F)cc(F)c21)C(=O)O. The number of halogens is 2. The number of hydrogen-bond donors (Lipinski definition) is 1. The van der Waals surface area contributed by atoms with Crippen LogP contribution in [-0.4, -0.2) is 29.3 Å². The van der Waals surface area contributed by atoms with E-state index in [1.54, 1.807) is 0 Å². The molecule has 1 heterocycles. The summed E-state index contributed by atoms with van der Waals surface area (Å²) < 4.78 is 26.8. The van der Waals surface area contributed by atoms with Crippen LogP contribution in [0.2, 0.25) is 0 Å². The molecule has 0 aromatic heterocycles. The number of rotatable bonds is 3. The first kappa shape index (κ1) is 13.9. The molecule has 2 rings (SSSR count). The van der Waals surface area contributed by atoms with Crippen molar-refractivity contribution < 1.29 is 28.3 Å². The molecule has 1 aliphatic heterocycles. The zero-order valence-electron chi connectivity index (χ0n) is 10.3. The van der Waals surface area contributed by atoms with Gasteiger partial charge in [0, 0.05) is 18.2 Å². The summed E-state index contributed by atoms with van der Waals surface area (Å²) in [5.74, 6) is -5.22. The highest BCUT2D eigenvalue weighted by molar-refractivity contribution is 6.52. The molecule has 5 nitrogen and oxygen atoms in total. The number of anilines is 1. The molecule has 1 aliphatic rings. The summed E-state index contributed by atoms with van der Waals surface area (Å²) in [6.07, 6.45) is 1.17. The Morgan fingerprint density at radius 1 is 1.35 bits per heavy atom. The van der Waals surface area contributed by atoms with Crippen molar-refractivity contribution in [2.45, 2.75) is 6.92 Å². The zero-order chi connectivity index (χ0) is 15.0. The quantitative estimate of drug-likeness (QED) is 0.673. The average molecular weight is 281 g/mol. The normalized spacial score (nSPS) is 14.8. The average Bonchev–Trinajstić information content (AvgIpc) is 2.60. The van der Waals surface area contributed by atoms with Gasteiger partial charge in [-0.1, -0.05) is 6.08 Å². The van der Waals surface area contributed by atoms with Crippen molar-refractivity contribution in [1.29, 1.82) is 0 Å². The van der Waals surface area contributed by atoms with Crippen molar-refractivity contribution in [3.63, 3.8) is 0 Å². The number of benzene rings is 1. The van der Waals surface area contributed by atoms with Gasteiger partial charge in [0.2, 0.25) is 0 Å². The monoisotopic (exact) mass is 281 g/mol. The van der Waals surface area contributed by atoms with Gasteiger partial charge in [-0.25, -0.2) is 13.6 Å². The molecule has 0 saturated carbocycles. The van der Waals surface area contributed by atoms with Crippen molar-refractivity contribution in [3.8, 4) is 0 Å². The second-order valence-electron chi connectivity index (χ2n) is 4.22. The van der Waals surface area contributed by atoms with E-state index in [-0.39, 0.29) is 23.4 Å². The van der Waals surface area contributed by atoms with Crippen LogP contribution in [0, 0.1) is 11.6 Å². The van der Waals surface area contributed by atoms with Crippen LogP contribution in [0.1, 0.15) is 17.3 Å². The number of carbonyl (C=O) groups excluding carboxylic acids is 2. The van der Waals surface area contributed by atoms with Gasteiger partial charge in [0.05, 0.1) is 11.3 Å². The van der Waals surface area contributed by atoms with Crippen LogP contribution in [0.4, 0.5) is 14.5 Å². The summed E-state index contributed by atoms with van der Waals surface area (Å²) in [5, 5.41) is 8.70. The molecule has 0 aliphatic carbocycles. The second kappa shape index (κ2) is 4.84. The number of fused-ring (bicyclic) bond motifs is 1. The number of nitrogens with zero attached hydrogens (tertiary/aromatic N) is 1. The first-order chi connectivity index (χ1) is 9.32. The minimum atomic E-state index is -1.19. The van der Waals surface area contributed by atoms with Gasteiger partial charge in [-0.15, -0.1) is 0 Å². The maximum absolute atomic E-state index is 13.7. The standard InChI is InChI=1S/C13H9F2NO4/c1-6(13(19)20)2-3-16-10-8(11(17)12(16)18)4-7(14)5-9(10)15/h2,4-5H,3H2,1H3,(H,19,20). The molecular weight excluding hydrogens is 272 g/mol. The summed E-state index contributed by atoms with van der Waals surface area (Å²) in [5.41, 5.74) is -0.731. The fraction of sp³-hybridized carbons (Fsp3) is 0.154. The Labute approximate surface area is 112 Å². The van der Waals surface area contributed by atoms with Gasteiger partial charge in [-0.2, -0.15) is 0 Å². The Kier molecular flexibility index (Phi) is 3.35. The first-order valence-corrected chi connectivity index (χ1v) is 5.58. The molecule has 20 heavy (non-hydrogen) atoms. The van der Waals surface area contributed by atoms with Gasteiger partial charge < -0.3 is 5.11 Å². The molecule has 0 spiro atoms. The molecule has 1 N–H and O–H groups in total. The smallest absolute Gasteiger partial charge is 0.331 e. The molecule has 0 fully saturated rings. The highest BCUT2D eigenvalue weighted by atomic mass is 19.1. The topological polar surface area (TPSA) is 74.7 Å². The molecule has 104 valence electrons. The molecular formula is C13H9F2NO4. The minimum absolute atomic E-state index is 0.0544. The Balaban J connectivity index is 2.44. The van der Waals surface area contributed by atoms with Crippen molar-refractivity contribution >= 4 is 23.3 Å². The van der Waals surface area contributed by atoms with E-state index in [1.807, 2.05) is 0 Å². The highest BCUT2D eigenvalue weighted by Gasteiger charge is 2.38. The number of aliphatic carboxylic acids is 1. The lowest BCUT2D eigenvalue weighted by Crippen LogP contribution is -2.30. The number of ketones is 1. The Hall–Kier alpha value is -2.57. The molecule has 1 amide bonds. The van der Waals surface area contributed by atoms with Crippen LogP contribution in [0.15, 0.2) is 23.8 Å². The lowest BCUT2D eigenvalue weighted by Gasteiger charge is -2.15. The molecule has 1 aromatic rings. The van der Waals surface area contributed by atoms with E-state index >= 15 is 0 Å². The number of carbonyl (C=O) groups is 3. The summed E-state index contributed by atoms with van der Waals surface area (Å²) in [6.45, 7) is 1.02. The lowest BCUT2D eigenvalue weighted by molar-refractivity contribution is -0.132. The molecule has 7 heteroatoms. The fourth-order valence-corrected chi connectivity index (χ4v) is 1.84. The van der Waals surface area contributed by atoms with E-state index in [2.05, 4.69) is 0 Å². The highest BCUT2D eigenvalue weighted by Crippen LogP contribution is 2.32. The summed E-state index contributed by atoms with van der Waals surface area (Å²) >= 11 is 0. The van der Waals surface area contributed by atoms with E-state index in [0.29, 0.717) is 6.07 Å². The van der Waals surface area contributed by atoms with Gasteiger partial charge in [0.25, 0.3) is 11.7 Å². The Bertz CT molecular complexity index is 667. The van der Waals surface area contributed by atoms with E-state index in [1.165, 1.54) is 13.0 Å². The molecule has 0 bridgehead atoms. The van der Waals surface area contributed by atoms with Crippen LogP contribution in [0.3, 0.4) is 0 Å². The van der Waals surface area contributed by atoms with Crippen LogP contribution >= 0.6 is 0 Å². The van der Waals surface area contributed by atoms with E-state index in [9.17, 15) is 23.2 Å². The third kappa shape index (κ3) is 2.18. The van der Waals surface area contributed by atoms with E-state index in [4.69, 9.17) is 5.11 Å². The minimum Gasteiger partial charge on any atom is -0.478 e. The lowest BCUT2D eigenvalue weighted by atomic mass is 10.1. The summed E-state index contributed by atoms with van der Waals surface area (Å²) in [7, 11) is 0. The predicted octanol–water partition coefficient (Wildman–Crippen LogP) is 1.53. The number of Topliss-reactive ketones (excluding diaryl/α,β-unsaturated/α-hetero) is 1. The largest absolute Gasteiger partial charge is 0.478 e. The van der Waals surface area contributed by atoms with E-state index < -0.39 is 29.3 Å². The van der Waals surface area contributed by atoms with Crippen LogP contribution < -0.4 is 4.90 Å². The predicted molar refractivity (Wildman–Crippen MR) is 64.4 cm³/mol. The maximum atomic E-state index is 13.7. The summed E-state index contributed by atoms with van der Waals surface area (Å²) in [6, 6.07) is 1.35. The molecule has 0 saturated heterocycles. The van der Waals surface area contributed by atoms with Crippen molar-refractivity contribution in [1.82, 2.24) is 0 Å². The molecule has 0 atom stereocenters. The van der Waals surface area contributed by atoms with Crippen molar-refractivity contribution in [2.75, 3.05) is 11.4 Å². The number of amides is 1. The number of carboxylic acid groups (broad SMARTS) is 1. The number of carboxylic acids is 1. The van der Waals surface area contributed by atoms with Crippen molar-refractivity contribution in [3.05, 3.63) is 41.0 Å². The second-order valence-corrected chi connectivity index (χ2v) is 4.22. The van der Waals surface area contributed by atoms with Gasteiger partial charge in [-0.05, 0) is 13.0 Å². The van der Waals surface area contributed by atoms with Crippen LogP contribution in [0.5, 0.6) is 0 Å². The van der Waals surface area contributed by atoms with Gasteiger partial charge >= 0.3 is 5.97 Å². The van der Waals surface area contributed by atoms with Crippen LogP contribution in [-0.2, 0) is 9.59 Å². The third-order valence-corrected chi connectivity index (χ3v) is 2.90. The van der Waals surface area contributed by atoms with E-state index in [0.717, 1.165) is 11.0 Å². The molecule has 1 aromatic carbocycles.